The second-order valence-corrected chi connectivity index (χ2v) is 15.6. The van der Waals surface area contributed by atoms with E-state index >= 15 is 0 Å². The molecule has 1 unspecified atom stereocenters. The van der Waals surface area contributed by atoms with Gasteiger partial charge in [-0.15, -0.1) is 0 Å². The molecule has 0 aromatic carbocycles. The summed E-state index contributed by atoms with van der Waals surface area (Å²) in [5, 5.41) is 0. The first-order valence-electron chi connectivity index (χ1n) is 23.8. The third kappa shape index (κ3) is 44.1. The van der Waals surface area contributed by atoms with Gasteiger partial charge in [0.2, 0.25) is 0 Å². The Hall–Kier alpha value is -2.89. The molecule has 0 saturated heterocycles. The monoisotopic (exact) mass is 797 g/mol. The standard InChI is InChI=1S/C51H88O6/c1-4-7-10-13-16-19-21-23-25-26-28-29-32-35-38-41-44-50(53)56-47-48(46-55-49(52)43-40-37-34-31-18-15-12-9-6-3)57-51(54)45-42-39-36-33-30-27-24-22-20-17-14-11-8-5-2/h9,12,18,25-27,30-31,37,40,48H,4-8,10-11,13-17,19-24,28-29,32-36,38-39,41-47H2,1-3H3/b12-9-,26-25-,30-27-,31-18-,40-37-. The van der Waals surface area contributed by atoms with Crippen LogP contribution in [0.15, 0.2) is 60.8 Å². The summed E-state index contributed by atoms with van der Waals surface area (Å²) in [5.41, 5.74) is 0. The van der Waals surface area contributed by atoms with Crippen LogP contribution in [0.5, 0.6) is 0 Å². The quantitative estimate of drug-likeness (QED) is 0.0265. The third-order valence-corrected chi connectivity index (χ3v) is 10.0. The van der Waals surface area contributed by atoms with Gasteiger partial charge >= 0.3 is 17.9 Å². The number of esters is 3. The molecule has 0 rings (SSSR count). The maximum absolute atomic E-state index is 12.7. The van der Waals surface area contributed by atoms with Gasteiger partial charge in [-0.25, -0.2) is 0 Å². The number of carbonyl (C=O) groups is 3. The molecule has 0 saturated carbocycles. The van der Waals surface area contributed by atoms with Crippen LogP contribution in [0.2, 0.25) is 0 Å². The SMILES string of the molecule is CC/C=C\C/C=C\C/C=C\CC(=O)OCC(COC(=O)CCCCCCC/C=C\CCCCCCCCC)OC(=O)CCCCC/C=C\CCCCCCCCC. The molecule has 0 amide bonds. The van der Waals surface area contributed by atoms with Gasteiger partial charge in [0.15, 0.2) is 6.10 Å². The second-order valence-electron chi connectivity index (χ2n) is 15.6. The van der Waals surface area contributed by atoms with E-state index in [1.165, 1.54) is 109 Å². The van der Waals surface area contributed by atoms with Crippen LogP contribution in [0.25, 0.3) is 0 Å². The molecular formula is C51H88O6. The molecule has 0 aromatic rings. The number of hydrogen-bond acceptors (Lipinski definition) is 6. The summed E-state index contributed by atoms with van der Waals surface area (Å²) in [5.74, 6) is -1.07. The van der Waals surface area contributed by atoms with E-state index in [2.05, 4.69) is 69.4 Å². The van der Waals surface area contributed by atoms with Gasteiger partial charge in [-0.2, -0.15) is 0 Å². The van der Waals surface area contributed by atoms with Crippen LogP contribution in [0.3, 0.4) is 0 Å². The Bertz CT molecular complexity index is 1050. The number of ether oxygens (including phenoxy) is 3. The largest absolute Gasteiger partial charge is 0.462 e. The fourth-order valence-corrected chi connectivity index (χ4v) is 6.43. The lowest BCUT2D eigenvalue weighted by Crippen LogP contribution is -2.30. The van der Waals surface area contributed by atoms with Crippen LogP contribution < -0.4 is 0 Å². The smallest absolute Gasteiger partial charge is 0.309 e. The second kappa shape index (κ2) is 45.8. The minimum Gasteiger partial charge on any atom is -0.462 e. The molecule has 6 heteroatoms. The van der Waals surface area contributed by atoms with Crippen molar-refractivity contribution in [2.45, 2.75) is 232 Å². The Balaban J connectivity index is 4.42. The number of rotatable bonds is 42. The highest BCUT2D eigenvalue weighted by atomic mass is 16.6. The van der Waals surface area contributed by atoms with E-state index in [4.69, 9.17) is 14.2 Å². The van der Waals surface area contributed by atoms with Crippen molar-refractivity contribution in [2.24, 2.45) is 0 Å². The Morgan fingerprint density at radius 3 is 1.23 bits per heavy atom. The summed E-state index contributed by atoms with van der Waals surface area (Å²) in [6.07, 6.45) is 55.3. The molecule has 0 radical (unpaired) electrons. The summed E-state index contributed by atoms with van der Waals surface area (Å²) < 4.78 is 16.6. The van der Waals surface area contributed by atoms with Gasteiger partial charge < -0.3 is 14.2 Å². The maximum atomic E-state index is 12.7. The van der Waals surface area contributed by atoms with E-state index in [9.17, 15) is 14.4 Å². The van der Waals surface area contributed by atoms with Crippen molar-refractivity contribution in [1.29, 1.82) is 0 Å². The molecule has 0 aromatic heterocycles. The van der Waals surface area contributed by atoms with Crippen LogP contribution in [0.1, 0.15) is 226 Å². The highest BCUT2D eigenvalue weighted by Gasteiger charge is 2.19. The van der Waals surface area contributed by atoms with Gasteiger partial charge in [0, 0.05) is 12.8 Å². The van der Waals surface area contributed by atoms with Crippen LogP contribution in [-0.4, -0.2) is 37.2 Å². The average Bonchev–Trinajstić information content (AvgIpc) is 3.21. The molecule has 0 N–H and O–H groups in total. The van der Waals surface area contributed by atoms with E-state index in [0.29, 0.717) is 12.8 Å². The van der Waals surface area contributed by atoms with Crippen LogP contribution in [0, 0.1) is 0 Å². The molecule has 57 heavy (non-hydrogen) atoms. The molecule has 0 aliphatic rings. The molecule has 0 spiro atoms. The van der Waals surface area contributed by atoms with Crippen LogP contribution in [0.4, 0.5) is 0 Å². The normalized spacial score (nSPS) is 12.5. The number of carbonyl (C=O) groups excluding carboxylic acids is 3. The van der Waals surface area contributed by atoms with Crippen molar-refractivity contribution >= 4 is 17.9 Å². The molecule has 6 nitrogen and oxygen atoms in total. The molecule has 1 atom stereocenters. The van der Waals surface area contributed by atoms with E-state index in [1.54, 1.807) is 6.08 Å². The van der Waals surface area contributed by atoms with Crippen molar-refractivity contribution in [3.8, 4) is 0 Å². The van der Waals surface area contributed by atoms with E-state index in [-0.39, 0.29) is 31.6 Å². The summed E-state index contributed by atoms with van der Waals surface area (Å²) in [6, 6.07) is 0. The Morgan fingerprint density at radius 2 is 0.754 bits per heavy atom. The third-order valence-electron chi connectivity index (χ3n) is 10.0. The molecule has 0 aliphatic carbocycles. The number of unbranched alkanes of at least 4 members (excludes halogenated alkanes) is 22. The zero-order chi connectivity index (χ0) is 41.5. The van der Waals surface area contributed by atoms with Crippen LogP contribution in [-0.2, 0) is 28.6 Å². The molecular weight excluding hydrogens is 709 g/mol. The Morgan fingerprint density at radius 1 is 0.386 bits per heavy atom. The lowest BCUT2D eigenvalue weighted by atomic mass is 10.1. The van der Waals surface area contributed by atoms with Gasteiger partial charge in [-0.1, -0.05) is 184 Å². The fourth-order valence-electron chi connectivity index (χ4n) is 6.43. The summed E-state index contributed by atoms with van der Waals surface area (Å²) in [7, 11) is 0. The minimum absolute atomic E-state index is 0.111. The number of hydrogen-bond donors (Lipinski definition) is 0. The van der Waals surface area contributed by atoms with Crippen molar-refractivity contribution < 1.29 is 28.6 Å². The van der Waals surface area contributed by atoms with Gasteiger partial charge in [0.1, 0.15) is 13.2 Å². The van der Waals surface area contributed by atoms with Crippen LogP contribution >= 0.6 is 0 Å². The van der Waals surface area contributed by atoms with Crippen molar-refractivity contribution in [3.05, 3.63) is 60.8 Å². The molecule has 0 heterocycles. The predicted octanol–water partition coefficient (Wildman–Crippen LogP) is 15.3. The van der Waals surface area contributed by atoms with Crippen molar-refractivity contribution in [2.75, 3.05) is 13.2 Å². The highest BCUT2D eigenvalue weighted by Crippen LogP contribution is 2.13. The van der Waals surface area contributed by atoms with Gasteiger partial charge in [-0.3, -0.25) is 14.4 Å². The number of allylic oxidation sites excluding steroid dienone is 9. The lowest BCUT2D eigenvalue weighted by molar-refractivity contribution is -0.166. The Labute approximate surface area is 351 Å². The molecule has 0 fully saturated rings. The van der Waals surface area contributed by atoms with E-state index in [1.807, 2.05) is 6.08 Å². The summed E-state index contributed by atoms with van der Waals surface area (Å²) in [6.45, 7) is 6.39. The topological polar surface area (TPSA) is 78.9 Å². The average molecular weight is 797 g/mol. The fraction of sp³-hybridized carbons (Fsp3) is 0.745. The maximum Gasteiger partial charge on any atom is 0.309 e. The first-order chi connectivity index (χ1) is 28.0. The zero-order valence-electron chi connectivity index (χ0n) is 37.3. The minimum atomic E-state index is -0.818. The zero-order valence-corrected chi connectivity index (χ0v) is 37.3. The van der Waals surface area contributed by atoms with E-state index in [0.717, 1.165) is 77.0 Å². The van der Waals surface area contributed by atoms with Gasteiger partial charge in [0.25, 0.3) is 0 Å². The van der Waals surface area contributed by atoms with E-state index < -0.39 is 12.1 Å². The van der Waals surface area contributed by atoms with Crippen molar-refractivity contribution in [3.63, 3.8) is 0 Å². The predicted molar refractivity (Wildman–Crippen MR) is 242 cm³/mol. The first kappa shape index (κ1) is 54.1. The molecule has 0 bridgehead atoms. The van der Waals surface area contributed by atoms with Crippen molar-refractivity contribution in [1.82, 2.24) is 0 Å². The van der Waals surface area contributed by atoms with Gasteiger partial charge in [-0.05, 0) is 83.5 Å². The Kier molecular flexibility index (Phi) is 43.5. The summed E-state index contributed by atoms with van der Waals surface area (Å²) >= 11 is 0. The van der Waals surface area contributed by atoms with Gasteiger partial charge in [0.05, 0.1) is 6.42 Å². The lowest BCUT2D eigenvalue weighted by Gasteiger charge is -2.18. The highest BCUT2D eigenvalue weighted by molar-refractivity contribution is 5.72. The summed E-state index contributed by atoms with van der Waals surface area (Å²) in [4.78, 5) is 37.7. The molecule has 0 aliphatic heterocycles. The molecule has 328 valence electrons. The first-order valence-corrected chi connectivity index (χ1v) is 23.8.